The maximum Gasteiger partial charge on any atom is 0.494 e. The number of ether oxygens (including phenoxy) is 1. The molecule has 0 spiro atoms. The van der Waals surface area contributed by atoms with E-state index in [4.69, 9.17) is 14.0 Å². The third kappa shape index (κ3) is 7.87. The second kappa shape index (κ2) is 12.7. The van der Waals surface area contributed by atoms with Crippen LogP contribution >= 0.6 is 0 Å². The van der Waals surface area contributed by atoms with Crippen molar-refractivity contribution >= 4 is 30.3 Å². The van der Waals surface area contributed by atoms with E-state index in [1.54, 1.807) is 20.8 Å². The molecule has 42 heavy (non-hydrogen) atoms. The number of carbonyl (C=O) groups excluding carboxylic acids is 1. The fraction of sp³-hybridized carbons (Fsp3) is 0.576. The van der Waals surface area contributed by atoms with Crippen LogP contribution in [0.2, 0.25) is 0 Å². The molecule has 2 fully saturated rings. The van der Waals surface area contributed by atoms with E-state index in [1.807, 2.05) is 58.0 Å². The second-order valence-electron chi connectivity index (χ2n) is 13.7. The van der Waals surface area contributed by atoms with E-state index in [1.165, 1.54) is 0 Å². The predicted molar refractivity (Wildman–Crippen MR) is 166 cm³/mol. The quantitative estimate of drug-likeness (QED) is 0.338. The van der Waals surface area contributed by atoms with E-state index >= 15 is 0 Å². The molecule has 1 unspecified atom stereocenters. The Kier molecular flexibility index (Phi) is 9.63. The van der Waals surface area contributed by atoms with Gasteiger partial charge in [0.1, 0.15) is 11.6 Å². The standard InChI is InChI=1S/C33H47BN2O6/c1-31(2,3)40-30(39)35-27(29(37)38)21-28(24-15-11-12-16-24)36(22-23-13-9-8-10-14-23)26-19-17-25(18-20-26)34-41-32(4,5)33(6,7)42-34/h8-10,13-14,17-20,24,27-28H,11-12,15-16,21-22H2,1-7H3,(H,35,39)(H,37,38)/t27-,28?/m0/s1. The predicted octanol–water partition coefficient (Wildman–Crippen LogP) is 5.92. The summed E-state index contributed by atoms with van der Waals surface area (Å²) in [6.07, 6.45) is 3.78. The highest BCUT2D eigenvalue weighted by atomic mass is 16.7. The fourth-order valence-electron chi connectivity index (χ4n) is 5.81. The average molecular weight is 579 g/mol. The number of amides is 1. The zero-order valence-corrected chi connectivity index (χ0v) is 26.2. The van der Waals surface area contributed by atoms with Crippen molar-refractivity contribution in [3.8, 4) is 0 Å². The van der Waals surface area contributed by atoms with Gasteiger partial charge in [0.15, 0.2) is 0 Å². The maximum atomic E-state index is 12.6. The van der Waals surface area contributed by atoms with Crippen LogP contribution in [0, 0.1) is 5.92 Å². The van der Waals surface area contributed by atoms with E-state index in [-0.39, 0.29) is 12.5 Å². The number of alkyl carbamates (subject to hydrolysis) is 1. The summed E-state index contributed by atoms with van der Waals surface area (Å²) in [6, 6.07) is 17.2. The third-order valence-corrected chi connectivity index (χ3v) is 8.76. The third-order valence-electron chi connectivity index (χ3n) is 8.76. The van der Waals surface area contributed by atoms with Gasteiger partial charge in [0.05, 0.1) is 11.2 Å². The lowest BCUT2D eigenvalue weighted by atomic mass is 9.79. The molecule has 0 bridgehead atoms. The topological polar surface area (TPSA) is 97.3 Å². The number of benzene rings is 2. The van der Waals surface area contributed by atoms with Crippen LogP contribution in [0.25, 0.3) is 0 Å². The highest BCUT2D eigenvalue weighted by Gasteiger charge is 2.51. The van der Waals surface area contributed by atoms with Crippen LogP contribution in [0.5, 0.6) is 0 Å². The first-order chi connectivity index (χ1) is 19.6. The molecule has 0 radical (unpaired) electrons. The van der Waals surface area contributed by atoms with Gasteiger partial charge in [0.2, 0.25) is 0 Å². The number of carbonyl (C=O) groups is 2. The minimum Gasteiger partial charge on any atom is -0.480 e. The Labute approximate surface area is 251 Å². The Bertz CT molecular complexity index is 1190. The van der Waals surface area contributed by atoms with Crippen molar-refractivity contribution in [2.24, 2.45) is 5.92 Å². The Hall–Kier alpha value is -3.04. The van der Waals surface area contributed by atoms with Gasteiger partial charge in [-0.15, -0.1) is 0 Å². The van der Waals surface area contributed by atoms with Gasteiger partial charge in [0.25, 0.3) is 0 Å². The summed E-state index contributed by atoms with van der Waals surface area (Å²) >= 11 is 0. The van der Waals surface area contributed by atoms with Crippen LogP contribution in [-0.4, -0.2) is 53.2 Å². The van der Waals surface area contributed by atoms with Crippen molar-refractivity contribution in [1.29, 1.82) is 0 Å². The average Bonchev–Trinajstić information content (AvgIpc) is 3.50. The zero-order valence-electron chi connectivity index (χ0n) is 26.2. The lowest BCUT2D eigenvalue weighted by Gasteiger charge is -2.39. The van der Waals surface area contributed by atoms with Gasteiger partial charge in [-0.2, -0.15) is 0 Å². The Morgan fingerprint density at radius 3 is 2.10 bits per heavy atom. The smallest absolute Gasteiger partial charge is 0.480 e. The number of carboxylic acid groups (broad SMARTS) is 1. The van der Waals surface area contributed by atoms with E-state index in [2.05, 4.69) is 34.5 Å². The van der Waals surface area contributed by atoms with Crippen molar-refractivity contribution in [3.05, 3.63) is 60.2 Å². The number of aliphatic carboxylic acids is 1. The molecule has 2 atom stereocenters. The summed E-state index contributed by atoms with van der Waals surface area (Å²) in [5.41, 5.74) is 1.45. The van der Waals surface area contributed by atoms with Gasteiger partial charge in [0, 0.05) is 18.3 Å². The molecule has 228 valence electrons. The van der Waals surface area contributed by atoms with Crippen LogP contribution in [0.15, 0.2) is 54.6 Å². The molecule has 1 heterocycles. The summed E-state index contributed by atoms with van der Waals surface area (Å²) in [5, 5.41) is 12.8. The molecule has 2 aliphatic rings. The SMILES string of the molecule is CC(C)(C)OC(=O)N[C@@H](CC(C1CCCC1)N(Cc1ccccc1)c1ccc(B2OC(C)(C)C(C)(C)O2)cc1)C(=O)O. The monoisotopic (exact) mass is 578 g/mol. The number of hydrogen-bond acceptors (Lipinski definition) is 6. The first-order valence-electron chi connectivity index (χ1n) is 15.1. The van der Waals surface area contributed by atoms with E-state index in [9.17, 15) is 14.7 Å². The molecule has 8 nitrogen and oxygen atoms in total. The van der Waals surface area contributed by atoms with Crippen molar-refractivity contribution in [3.63, 3.8) is 0 Å². The van der Waals surface area contributed by atoms with Gasteiger partial charge >= 0.3 is 19.2 Å². The maximum absolute atomic E-state index is 12.6. The molecule has 1 saturated carbocycles. The number of nitrogens with zero attached hydrogens (tertiary/aromatic N) is 1. The molecule has 1 aliphatic carbocycles. The normalized spacial score (nSPS) is 19.7. The highest BCUT2D eigenvalue weighted by molar-refractivity contribution is 6.62. The van der Waals surface area contributed by atoms with E-state index in [0.717, 1.165) is 42.4 Å². The van der Waals surface area contributed by atoms with Crippen LogP contribution in [0.1, 0.15) is 86.1 Å². The largest absolute Gasteiger partial charge is 0.494 e. The van der Waals surface area contributed by atoms with Gasteiger partial charge in [-0.25, -0.2) is 9.59 Å². The fourth-order valence-corrected chi connectivity index (χ4v) is 5.81. The summed E-state index contributed by atoms with van der Waals surface area (Å²) in [4.78, 5) is 27.4. The van der Waals surface area contributed by atoms with Gasteiger partial charge in [-0.3, -0.25) is 0 Å². The van der Waals surface area contributed by atoms with Crippen molar-refractivity contribution in [1.82, 2.24) is 5.32 Å². The van der Waals surface area contributed by atoms with Crippen LogP contribution in [-0.2, 0) is 25.4 Å². The molecular formula is C33H47BN2O6. The van der Waals surface area contributed by atoms with Crippen LogP contribution in [0.4, 0.5) is 10.5 Å². The molecule has 1 aliphatic heterocycles. The number of carboxylic acids is 1. The Morgan fingerprint density at radius 2 is 1.57 bits per heavy atom. The zero-order chi connectivity index (χ0) is 30.7. The molecule has 2 aromatic carbocycles. The number of hydrogen-bond donors (Lipinski definition) is 2. The lowest BCUT2D eigenvalue weighted by Crippen LogP contribution is -2.50. The van der Waals surface area contributed by atoms with Crippen molar-refractivity contribution in [2.75, 3.05) is 4.90 Å². The van der Waals surface area contributed by atoms with Crippen LogP contribution < -0.4 is 15.7 Å². The molecular weight excluding hydrogens is 531 g/mol. The molecule has 1 saturated heterocycles. The molecule has 4 rings (SSSR count). The second-order valence-corrected chi connectivity index (χ2v) is 13.7. The van der Waals surface area contributed by atoms with Crippen LogP contribution in [0.3, 0.4) is 0 Å². The summed E-state index contributed by atoms with van der Waals surface area (Å²) < 4.78 is 18.0. The van der Waals surface area contributed by atoms with Crippen molar-refractivity contribution in [2.45, 2.75) is 116 Å². The van der Waals surface area contributed by atoms with Gasteiger partial charge in [-0.05, 0) is 96.8 Å². The minimum absolute atomic E-state index is 0.119. The molecule has 9 heteroatoms. The molecule has 2 aromatic rings. The number of rotatable bonds is 10. The summed E-state index contributed by atoms with van der Waals surface area (Å²) in [5.74, 6) is -0.779. The Balaban J connectivity index is 1.65. The first-order valence-corrected chi connectivity index (χ1v) is 15.1. The molecule has 2 N–H and O–H groups in total. The molecule has 1 amide bonds. The summed E-state index contributed by atoms with van der Waals surface area (Å²) in [7, 11) is -0.466. The minimum atomic E-state index is -1.09. The summed E-state index contributed by atoms with van der Waals surface area (Å²) in [6.45, 7) is 14.1. The molecule has 0 aromatic heterocycles. The van der Waals surface area contributed by atoms with Crippen molar-refractivity contribution < 1.29 is 28.7 Å². The number of anilines is 1. The van der Waals surface area contributed by atoms with E-state index in [0.29, 0.717) is 12.5 Å². The lowest BCUT2D eigenvalue weighted by molar-refractivity contribution is -0.139. The number of nitrogens with one attached hydrogen (secondary N) is 1. The highest BCUT2D eigenvalue weighted by Crippen LogP contribution is 2.38. The van der Waals surface area contributed by atoms with Gasteiger partial charge in [-0.1, -0.05) is 55.3 Å². The van der Waals surface area contributed by atoms with E-state index < -0.39 is 42.0 Å². The first kappa shape index (κ1) is 31.9. The Morgan fingerprint density at radius 1 is 1.00 bits per heavy atom. The van der Waals surface area contributed by atoms with Gasteiger partial charge < -0.3 is 29.4 Å².